The second-order valence-electron chi connectivity index (χ2n) is 5.61. The number of halogens is 3. The van der Waals surface area contributed by atoms with Gasteiger partial charge in [0.15, 0.2) is 0 Å². The third-order valence-electron chi connectivity index (χ3n) is 4.10. The molecule has 0 spiro atoms. The Labute approximate surface area is 104 Å². The molecule has 2 rings (SSSR count). The van der Waals surface area contributed by atoms with E-state index in [1.807, 2.05) is 0 Å². The number of carbonyl (C=O) groups excluding carboxylic acids is 1. The van der Waals surface area contributed by atoms with Crippen LogP contribution in [0.3, 0.4) is 0 Å². The van der Waals surface area contributed by atoms with Crippen molar-refractivity contribution >= 4 is 5.91 Å². The van der Waals surface area contributed by atoms with Crippen LogP contribution in [-0.4, -0.2) is 36.1 Å². The van der Waals surface area contributed by atoms with Crippen LogP contribution in [-0.2, 0) is 4.79 Å². The van der Waals surface area contributed by atoms with E-state index in [0.717, 1.165) is 17.7 Å². The highest BCUT2D eigenvalue weighted by Gasteiger charge is 2.53. The molecule has 104 valence electrons. The van der Waals surface area contributed by atoms with Gasteiger partial charge in [-0.3, -0.25) is 4.79 Å². The molecule has 0 aromatic rings. The van der Waals surface area contributed by atoms with E-state index in [4.69, 9.17) is 5.73 Å². The van der Waals surface area contributed by atoms with E-state index in [-0.39, 0.29) is 18.5 Å². The van der Waals surface area contributed by atoms with Gasteiger partial charge in [-0.15, -0.1) is 0 Å². The first kappa shape index (κ1) is 13.6. The molecule has 0 radical (unpaired) electrons. The number of hydrogen-bond donors (Lipinski definition) is 1. The van der Waals surface area contributed by atoms with E-state index in [9.17, 15) is 18.0 Å². The van der Waals surface area contributed by atoms with E-state index in [2.05, 4.69) is 0 Å². The minimum Gasteiger partial charge on any atom is -0.330 e. The van der Waals surface area contributed by atoms with Gasteiger partial charge in [-0.2, -0.15) is 13.2 Å². The largest absolute Gasteiger partial charge is 0.406 e. The summed E-state index contributed by atoms with van der Waals surface area (Å²) in [4.78, 5) is 13.3. The summed E-state index contributed by atoms with van der Waals surface area (Å²) in [7, 11) is 0. The highest BCUT2D eigenvalue weighted by molar-refractivity contribution is 5.86. The second kappa shape index (κ2) is 4.40. The fourth-order valence-electron chi connectivity index (χ4n) is 2.39. The van der Waals surface area contributed by atoms with Crippen molar-refractivity contribution in [2.45, 2.75) is 44.8 Å². The van der Waals surface area contributed by atoms with Gasteiger partial charge in [0, 0.05) is 12.6 Å². The van der Waals surface area contributed by atoms with Gasteiger partial charge in [0.2, 0.25) is 5.91 Å². The molecule has 0 bridgehead atoms. The fourth-order valence-corrected chi connectivity index (χ4v) is 2.39. The van der Waals surface area contributed by atoms with Crippen LogP contribution in [0, 0.1) is 11.3 Å². The number of carbonyl (C=O) groups is 1. The average molecular weight is 264 g/mol. The molecule has 0 saturated heterocycles. The summed E-state index contributed by atoms with van der Waals surface area (Å²) < 4.78 is 37.8. The van der Waals surface area contributed by atoms with Gasteiger partial charge >= 0.3 is 6.18 Å². The Balaban J connectivity index is 2.10. The average Bonchev–Trinajstić information content (AvgIpc) is 3.16. The van der Waals surface area contributed by atoms with Gasteiger partial charge in [0.1, 0.15) is 6.54 Å². The Morgan fingerprint density at radius 2 is 2.00 bits per heavy atom. The van der Waals surface area contributed by atoms with Crippen molar-refractivity contribution in [3.63, 3.8) is 0 Å². The summed E-state index contributed by atoms with van der Waals surface area (Å²) in [5.74, 6) is -0.174. The van der Waals surface area contributed by atoms with Crippen LogP contribution in [0.1, 0.15) is 32.6 Å². The van der Waals surface area contributed by atoms with Crippen molar-refractivity contribution in [3.05, 3.63) is 0 Å². The summed E-state index contributed by atoms with van der Waals surface area (Å²) in [6.07, 6.45) is -1.28. The van der Waals surface area contributed by atoms with Crippen molar-refractivity contribution in [2.24, 2.45) is 17.1 Å². The van der Waals surface area contributed by atoms with Crippen LogP contribution in [0.5, 0.6) is 0 Å². The minimum absolute atomic E-state index is 0.150. The van der Waals surface area contributed by atoms with Crippen LogP contribution < -0.4 is 5.73 Å². The number of rotatable bonds is 5. The van der Waals surface area contributed by atoms with Crippen LogP contribution in [0.4, 0.5) is 13.2 Å². The Hall–Kier alpha value is -0.780. The molecule has 3 nitrogen and oxygen atoms in total. The molecule has 1 atom stereocenters. The topological polar surface area (TPSA) is 46.3 Å². The molecule has 2 aliphatic carbocycles. The molecule has 1 amide bonds. The number of amides is 1. The zero-order chi connectivity index (χ0) is 13.6. The molecule has 18 heavy (non-hydrogen) atoms. The van der Waals surface area contributed by atoms with Gasteiger partial charge in [-0.05, 0) is 38.5 Å². The Morgan fingerprint density at radius 1 is 1.44 bits per heavy atom. The second-order valence-corrected chi connectivity index (χ2v) is 5.61. The van der Waals surface area contributed by atoms with Gasteiger partial charge in [-0.1, -0.05) is 0 Å². The lowest BCUT2D eigenvalue weighted by atomic mass is 10.0. The standard InChI is InChI=1S/C12H19F3N2O/c1-8(9-2-3-9)17(7-12(13,14)15)10(18)11(6-16)4-5-11/h8-9H,2-7,16H2,1H3. The van der Waals surface area contributed by atoms with Crippen molar-refractivity contribution in [1.29, 1.82) is 0 Å². The van der Waals surface area contributed by atoms with Gasteiger partial charge in [0.25, 0.3) is 0 Å². The maximum Gasteiger partial charge on any atom is 0.406 e. The lowest BCUT2D eigenvalue weighted by Crippen LogP contribution is -2.50. The normalized spacial score (nSPS) is 23.6. The van der Waals surface area contributed by atoms with Crippen molar-refractivity contribution in [2.75, 3.05) is 13.1 Å². The van der Waals surface area contributed by atoms with Crippen LogP contribution >= 0.6 is 0 Å². The zero-order valence-corrected chi connectivity index (χ0v) is 10.5. The predicted octanol–water partition coefficient (Wildman–Crippen LogP) is 1.91. The Morgan fingerprint density at radius 3 is 2.33 bits per heavy atom. The molecule has 1 unspecified atom stereocenters. The predicted molar refractivity (Wildman–Crippen MR) is 60.7 cm³/mol. The summed E-state index contributed by atoms with van der Waals surface area (Å²) in [6, 6.07) is -0.330. The highest BCUT2D eigenvalue weighted by atomic mass is 19.4. The number of alkyl halides is 3. The third kappa shape index (κ3) is 2.79. The Bertz CT molecular complexity index is 335. The van der Waals surface area contributed by atoms with E-state index >= 15 is 0 Å². The molecule has 0 aliphatic heterocycles. The van der Waals surface area contributed by atoms with Gasteiger partial charge in [0.05, 0.1) is 5.41 Å². The first-order chi connectivity index (χ1) is 8.29. The molecular weight excluding hydrogens is 245 g/mol. The molecule has 2 N–H and O–H groups in total. The van der Waals surface area contributed by atoms with E-state index < -0.39 is 24.0 Å². The molecule has 2 fully saturated rings. The SMILES string of the molecule is CC(C1CC1)N(CC(F)(F)F)C(=O)C1(CN)CC1. The van der Waals surface area contributed by atoms with Crippen LogP contribution in [0.25, 0.3) is 0 Å². The summed E-state index contributed by atoms with van der Waals surface area (Å²) in [5.41, 5.74) is 4.83. The molecule has 2 aliphatic rings. The number of nitrogens with zero attached hydrogens (tertiary/aromatic N) is 1. The molecule has 6 heteroatoms. The molecule has 2 saturated carbocycles. The van der Waals surface area contributed by atoms with Crippen molar-refractivity contribution in [1.82, 2.24) is 4.90 Å². The Kier molecular flexibility index (Phi) is 3.34. The lowest BCUT2D eigenvalue weighted by Gasteiger charge is -2.33. The van der Waals surface area contributed by atoms with Crippen molar-refractivity contribution in [3.8, 4) is 0 Å². The van der Waals surface area contributed by atoms with E-state index in [0.29, 0.717) is 12.8 Å². The fraction of sp³-hybridized carbons (Fsp3) is 0.917. The quantitative estimate of drug-likeness (QED) is 0.824. The minimum atomic E-state index is -4.34. The maximum absolute atomic E-state index is 12.6. The van der Waals surface area contributed by atoms with Crippen LogP contribution in [0.15, 0.2) is 0 Å². The smallest absolute Gasteiger partial charge is 0.330 e. The highest BCUT2D eigenvalue weighted by Crippen LogP contribution is 2.48. The maximum atomic E-state index is 12.6. The molecule has 0 aromatic carbocycles. The van der Waals surface area contributed by atoms with E-state index in [1.54, 1.807) is 6.92 Å². The summed E-state index contributed by atoms with van der Waals surface area (Å²) in [6.45, 7) is 0.719. The number of nitrogens with two attached hydrogens (primary N) is 1. The molecular formula is C12H19F3N2O. The van der Waals surface area contributed by atoms with Crippen molar-refractivity contribution < 1.29 is 18.0 Å². The molecule has 0 aromatic heterocycles. The van der Waals surface area contributed by atoms with Crippen LogP contribution in [0.2, 0.25) is 0 Å². The number of hydrogen-bond acceptors (Lipinski definition) is 2. The monoisotopic (exact) mass is 264 g/mol. The first-order valence-electron chi connectivity index (χ1n) is 6.37. The van der Waals surface area contributed by atoms with Gasteiger partial charge in [-0.25, -0.2) is 0 Å². The summed E-state index contributed by atoms with van der Waals surface area (Å²) >= 11 is 0. The zero-order valence-electron chi connectivity index (χ0n) is 10.5. The lowest BCUT2D eigenvalue weighted by molar-refractivity contribution is -0.169. The first-order valence-corrected chi connectivity index (χ1v) is 6.37. The van der Waals surface area contributed by atoms with Gasteiger partial charge < -0.3 is 10.6 Å². The third-order valence-corrected chi connectivity index (χ3v) is 4.10. The summed E-state index contributed by atoms with van der Waals surface area (Å²) in [5, 5.41) is 0. The molecule has 0 heterocycles. The van der Waals surface area contributed by atoms with E-state index in [1.165, 1.54) is 0 Å².